The van der Waals surface area contributed by atoms with E-state index in [0.29, 0.717) is 6.42 Å². The van der Waals surface area contributed by atoms with Crippen molar-refractivity contribution < 1.29 is 14.7 Å². The first kappa shape index (κ1) is 14.9. The molecule has 94 valence electrons. The van der Waals surface area contributed by atoms with Crippen LogP contribution in [0.5, 0.6) is 0 Å². The summed E-state index contributed by atoms with van der Waals surface area (Å²) in [5, 5.41) is 11.4. The maximum atomic E-state index is 11.6. The molecule has 0 aliphatic rings. The first-order valence-electron chi connectivity index (χ1n) is 5.66. The minimum absolute atomic E-state index is 0.0482. The molecule has 0 aromatic carbocycles. The van der Waals surface area contributed by atoms with Crippen LogP contribution in [0.3, 0.4) is 0 Å². The van der Waals surface area contributed by atoms with Gasteiger partial charge in [0.2, 0.25) is 5.91 Å². The molecule has 0 fully saturated rings. The first-order valence-corrected chi connectivity index (χ1v) is 5.66. The van der Waals surface area contributed by atoms with Gasteiger partial charge in [-0.2, -0.15) is 0 Å². The predicted octanol–water partition coefficient (Wildman–Crippen LogP) is 0.729. The lowest BCUT2D eigenvalue weighted by molar-refractivity contribution is -0.137. The normalized spacial score (nSPS) is 14.6. The third kappa shape index (κ3) is 5.70. The van der Waals surface area contributed by atoms with Crippen molar-refractivity contribution in [2.45, 2.75) is 52.1 Å². The molecule has 1 amide bonds. The summed E-state index contributed by atoms with van der Waals surface area (Å²) in [4.78, 5) is 22.2. The Morgan fingerprint density at radius 1 is 1.38 bits per heavy atom. The van der Waals surface area contributed by atoms with Crippen LogP contribution in [0.4, 0.5) is 0 Å². The van der Waals surface area contributed by atoms with Gasteiger partial charge in [-0.3, -0.25) is 9.59 Å². The zero-order chi connectivity index (χ0) is 12.7. The van der Waals surface area contributed by atoms with E-state index in [1.807, 2.05) is 20.8 Å². The lowest BCUT2D eigenvalue weighted by Gasteiger charge is -2.21. The van der Waals surface area contributed by atoms with Crippen molar-refractivity contribution in [3.63, 3.8) is 0 Å². The molecule has 5 nitrogen and oxygen atoms in total. The number of carbonyl (C=O) groups excluding carboxylic acids is 1. The molecule has 0 bridgehead atoms. The largest absolute Gasteiger partial charge is 0.481 e. The number of hydrogen-bond acceptors (Lipinski definition) is 3. The van der Waals surface area contributed by atoms with E-state index in [4.69, 9.17) is 10.8 Å². The lowest BCUT2D eigenvalue weighted by atomic mass is 10.0. The molecule has 5 heteroatoms. The van der Waals surface area contributed by atoms with Gasteiger partial charge in [0.15, 0.2) is 0 Å². The Labute approximate surface area is 96.4 Å². The molecule has 0 saturated heterocycles. The molecule has 0 saturated carbocycles. The Hall–Kier alpha value is -1.10. The summed E-state index contributed by atoms with van der Waals surface area (Å²) < 4.78 is 0. The summed E-state index contributed by atoms with van der Waals surface area (Å²) in [5.74, 6) is -1.13. The van der Waals surface area contributed by atoms with Gasteiger partial charge in [-0.05, 0) is 12.3 Å². The highest BCUT2D eigenvalue weighted by Crippen LogP contribution is 2.04. The fraction of sp³-hybridized carbons (Fsp3) is 0.818. The topological polar surface area (TPSA) is 92.4 Å². The third-order valence-corrected chi connectivity index (χ3v) is 2.43. The van der Waals surface area contributed by atoms with Crippen LogP contribution < -0.4 is 11.1 Å². The SMILES string of the molecule is CCCC(CC(=O)O)NC(=O)[C@H](N)C(C)C. The van der Waals surface area contributed by atoms with Crippen LogP contribution in [-0.2, 0) is 9.59 Å². The van der Waals surface area contributed by atoms with Crippen molar-refractivity contribution in [3.8, 4) is 0 Å². The molecule has 1 unspecified atom stereocenters. The number of hydrogen-bond donors (Lipinski definition) is 3. The van der Waals surface area contributed by atoms with Gasteiger partial charge in [-0.25, -0.2) is 0 Å². The van der Waals surface area contributed by atoms with E-state index in [2.05, 4.69) is 5.32 Å². The minimum Gasteiger partial charge on any atom is -0.481 e. The van der Waals surface area contributed by atoms with E-state index in [9.17, 15) is 9.59 Å². The summed E-state index contributed by atoms with van der Waals surface area (Å²) in [6.07, 6.45) is 1.43. The van der Waals surface area contributed by atoms with Crippen LogP contribution in [0.25, 0.3) is 0 Å². The second kappa shape index (κ2) is 7.22. The van der Waals surface area contributed by atoms with Gasteiger partial charge >= 0.3 is 5.97 Å². The lowest BCUT2D eigenvalue weighted by Crippen LogP contribution is -2.48. The zero-order valence-electron chi connectivity index (χ0n) is 10.2. The molecule has 4 N–H and O–H groups in total. The third-order valence-electron chi connectivity index (χ3n) is 2.43. The van der Waals surface area contributed by atoms with Crippen LogP contribution in [0.2, 0.25) is 0 Å². The van der Waals surface area contributed by atoms with Crippen LogP contribution in [0.1, 0.15) is 40.0 Å². The van der Waals surface area contributed by atoms with E-state index in [1.54, 1.807) is 0 Å². The average Bonchev–Trinajstić information content (AvgIpc) is 2.15. The molecule has 0 radical (unpaired) electrons. The Bertz CT molecular complexity index is 241. The summed E-state index contributed by atoms with van der Waals surface area (Å²) in [5.41, 5.74) is 5.68. The Balaban J connectivity index is 4.27. The smallest absolute Gasteiger partial charge is 0.305 e. The summed E-state index contributed by atoms with van der Waals surface area (Å²) in [6.45, 7) is 5.66. The number of rotatable bonds is 7. The van der Waals surface area contributed by atoms with Gasteiger partial charge in [-0.15, -0.1) is 0 Å². The van der Waals surface area contributed by atoms with Gasteiger partial charge in [-0.1, -0.05) is 27.2 Å². The van der Waals surface area contributed by atoms with Gasteiger partial charge < -0.3 is 16.2 Å². The van der Waals surface area contributed by atoms with Crippen molar-refractivity contribution in [1.82, 2.24) is 5.32 Å². The number of carboxylic acid groups (broad SMARTS) is 1. The van der Waals surface area contributed by atoms with E-state index in [-0.39, 0.29) is 24.3 Å². The molecular formula is C11H22N2O3. The van der Waals surface area contributed by atoms with Crippen LogP contribution >= 0.6 is 0 Å². The molecule has 2 atom stereocenters. The van der Waals surface area contributed by atoms with Gasteiger partial charge in [0.05, 0.1) is 12.5 Å². The standard InChI is InChI=1S/C11H22N2O3/c1-4-5-8(6-9(14)15)13-11(16)10(12)7(2)3/h7-8,10H,4-6,12H2,1-3H3,(H,13,16)(H,14,15)/t8?,10-/m1/s1. The van der Waals surface area contributed by atoms with E-state index < -0.39 is 12.0 Å². The first-order chi connectivity index (χ1) is 7.38. The second-order valence-electron chi connectivity index (χ2n) is 4.36. The minimum atomic E-state index is -0.906. The summed E-state index contributed by atoms with van der Waals surface area (Å²) >= 11 is 0. The maximum absolute atomic E-state index is 11.6. The Morgan fingerprint density at radius 2 is 1.94 bits per heavy atom. The van der Waals surface area contributed by atoms with Crippen LogP contribution in [0, 0.1) is 5.92 Å². The molecule has 16 heavy (non-hydrogen) atoms. The molecule has 0 aromatic heterocycles. The van der Waals surface area contributed by atoms with Crippen molar-refractivity contribution in [1.29, 1.82) is 0 Å². The van der Waals surface area contributed by atoms with Gasteiger partial charge in [0, 0.05) is 6.04 Å². The highest BCUT2D eigenvalue weighted by atomic mass is 16.4. The highest BCUT2D eigenvalue weighted by Gasteiger charge is 2.21. The van der Waals surface area contributed by atoms with Crippen molar-refractivity contribution in [2.75, 3.05) is 0 Å². The average molecular weight is 230 g/mol. The molecule has 0 spiro atoms. The molecular weight excluding hydrogens is 208 g/mol. The van der Waals surface area contributed by atoms with Crippen LogP contribution in [-0.4, -0.2) is 29.1 Å². The number of nitrogens with one attached hydrogen (secondary N) is 1. The number of aliphatic carboxylic acids is 1. The fourth-order valence-electron chi connectivity index (χ4n) is 1.38. The second-order valence-corrected chi connectivity index (χ2v) is 4.36. The summed E-state index contributed by atoms with van der Waals surface area (Å²) in [6, 6.07) is -0.895. The number of carboxylic acids is 1. The molecule has 0 heterocycles. The Kier molecular flexibility index (Phi) is 6.72. The van der Waals surface area contributed by atoms with E-state index in [1.165, 1.54) is 0 Å². The molecule has 0 rings (SSSR count). The number of nitrogens with two attached hydrogens (primary N) is 1. The molecule has 0 aliphatic carbocycles. The van der Waals surface area contributed by atoms with Gasteiger partial charge in [0.25, 0.3) is 0 Å². The monoisotopic (exact) mass is 230 g/mol. The zero-order valence-corrected chi connectivity index (χ0v) is 10.2. The van der Waals surface area contributed by atoms with Crippen molar-refractivity contribution >= 4 is 11.9 Å². The van der Waals surface area contributed by atoms with Gasteiger partial charge in [0.1, 0.15) is 0 Å². The predicted molar refractivity (Wildman–Crippen MR) is 61.9 cm³/mol. The number of carbonyl (C=O) groups is 2. The fourth-order valence-corrected chi connectivity index (χ4v) is 1.38. The molecule has 0 aromatic rings. The van der Waals surface area contributed by atoms with Crippen molar-refractivity contribution in [3.05, 3.63) is 0 Å². The highest BCUT2D eigenvalue weighted by molar-refractivity contribution is 5.82. The molecule has 0 aliphatic heterocycles. The maximum Gasteiger partial charge on any atom is 0.305 e. The number of amides is 1. The van der Waals surface area contributed by atoms with Crippen molar-refractivity contribution in [2.24, 2.45) is 11.7 Å². The van der Waals surface area contributed by atoms with E-state index >= 15 is 0 Å². The van der Waals surface area contributed by atoms with Crippen LogP contribution in [0.15, 0.2) is 0 Å². The quantitative estimate of drug-likeness (QED) is 0.601. The summed E-state index contributed by atoms with van der Waals surface area (Å²) in [7, 11) is 0. The Morgan fingerprint density at radius 3 is 2.31 bits per heavy atom. The van der Waals surface area contributed by atoms with E-state index in [0.717, 1.165) is 6.42 Å².